The van der Waals surface area contributed by atoms with Crippen molar-refractivity contribution in [2.75, 3.05) is 12.0 Å². The monoisotopic (exact) mass is 513 g/mol. The average Bonchev–Trinajstić information content (AvgIpc) is 2.81. The van der Waals surface area contributed by atoms with Crippen LogP contribution in [0.5, 0.6) is 11.5 Å². The van der Waals surface area contributed by atoms with E-state index in [2.05, 4.69) is 14.2 Å². The lowest BCUT2D eigenvalue weighted by atomic mass is 10.0. The quantitative estimate of drug-likeness (QED) is 0.235. The minimum Gasteiger partial charge on any atom is -0.462 e. The first kappa shape index (κ1) is 26.4. The molecule has 3 aromatic carbocycles. The smallest absolute Gasteiger partial charge is 0.462 e. The molecule has 3 aromatic rings. The van der Waals surface area contributed by atoms with E-state index in [9.17, 15) is 35.9 Å². The van der Waals surface area contributed by atoms with Crippen molar-refractivity contribution in [3.05, 3.63) is 78.4 Å². The number of carbonyl (C=O) groups is 2. The molecule has 0 heterocycles. The van der Waals surface area contributed by atoms with Crippen molar-refractivity contribution in [3.8, 4) is 22.6 Å². The maximum Gasteiger partial charge on any atom is 0.573 e. The van der Waals surface area contributed by atoms with Gasteiger partial charge < -0.3 is 14.2 Å². The minimum atomic E-state index is -4.86. The number of rotatable bonds is 6. The Kier molecular flexibility index (Phi) is 7.76. The highest BCUT2D eigenvalue weighted by atomic mass is 19.4. The summed E-state index contributed by atoms with van der Waals surface area (Å²) >= 11 is 0. The zero-order chi connectivity index (χ0) is 26.5. The number of benzene rings is 3. The van der Waals surface area contributed by atoms with E-state index in [1.165, 1.54) is 36.4 Å². The van der Waals surface area contributed by atoms with Crippen molar-refractivity contribution in [1.82, 2.24) is 0 Å². The normalized spacial score (nSPS) is 11.5. The van der Waals surface area contributed by atoms with Gasteiger partial charge in [0.2, 0.25) is 0 Å². The third kappa shape index (κ3) is 7.39. The fourth-order valence-corrected chi connectivity index (χ4v) is 3.14. The minimum absolute atomic E-state index is 0.178. The number of halogens is 6. The number of hydrogen-bond acceptors (Lipinski definition) is 5. The average molecular weight is 513 g/mol. The van der Waals surface area contributed by atoms with Crippen molar-refractivity contribution in [3.63, 3.8) is 0 Å². The van der Waals surface area contributed by atoms with E-state index >= 15 is 0 Å². The van der Waals surface area contributed by atoms with Gasteiger partial charge in [0.15, 0.2) is 0 Å². The van der Waals surface area contributed by atoms with Crippen LogP contribution in [-0.4, -0.2) is 31.7 Å². The molecular weight excluding hydrogens is 496 g/mol. The van der Waals surface area contributed by atoms with Gasteiger partial charge in [0.25, 0.3) is 0 Å². The van der Waals surface area contributed by atoms with Crippen LogP contribution in [0.1, 0.15) is 5.56 Å². The van der Waals surface area contributed by atoms with Crippen molar-refractivity contribution < 1.29 is 50.1 Å². The molecule has 0 aliphatic carbocycles. The van der Waals surface area contributed by atoms with E-state index in [-0.39, 0.29) is 18.0 Å². The predicted octanol–water partition coefficient (Wildman–Crippen LogP) is 5.86. The van der Waals surface area contributed by atoms with Gasteiger partial charge >= 0.3 is 24.6 Å². The van der Waals surface area contributed by atoms with Gasteiger partial charge in [0, 0.05) is 5.69 Å². The van der Waals surface area contributed by atoms with Crippen molar-refractivity contribution in [1.29, 1.82) is 0 Å². The Labute approximate surface area is 200 Å². The van der Waals surface area contributed by atoms with Crippen LogP contribution in [0.3, 0.4) is 0 Å². The molecule has 6 nitrogen and oxygen atoms in total. The largest absolute Gasteiger partial charge is 0.573 e. The van der Waals surface area contributed by atoms with Gasteiger partial charge in [-0.2, -0.15) is 0 Å². The third-order valence-electron chi connectivity index (χ3n) is 4.70. The van der Waals surface area contributed by atoms with Gasteiger partial charge in [0.05, 0.1) is 13.7 Å². The molecule has 0 aliphatic rings. The van der Waals surface area contributed by atoms with Crippen LogP contribution < -0.4 is 14.4 Å². The molecule has 0 aliphatic heterocycles. The Balaban J connectivity index is 1.82. The number of anilines is 1. The molecule has 12 heteroatoms. The van der Waals surface area contributed by atoms with Crippen LogP contribution in [0.25, 0.3) is 11.1 Å². The van der Waals surface area contributed by atoms with Crippen LogP contribution in [0, 0.1) is 0 Å². The van der Waals surface area contributed by atoms with Crippen molar-refractivity contribution in [2.45, 2.75) is 19.3 Å². The first-order chi connectivity index (χ1) is 16.8. The zero-order valence-electron chi connectivity index (χ0n) is 18.4. The second-order valence-electron chi connectivity index (χ2n) is 7.19. The molecule has 0 spiro atoms. The summed E-state index contributed by atoms with van der Waals surface area (Å²) in [4.78, 5) is 25.6. The highest BCUT2D eigenvalue weighted by Crippen LogP contribution is 2.29. The summed E-state index contributed by atoms with van der Waals surface area (Å²) in [7, 11) is 1.02. The molecule has 3 rings (SSSR count). The van der Waals surface area contributed by atoms with Gasteiger partial charge in [-0.25, -0.2) is 4.79 Å². The highest BCUT2D eigenvalue weighted by Gasteiger charge is 2.32. The van der Waals surface area contributed by atoms with Gasteiger partial charge in [-0.05, 0) is 53.1 Å². The summed E-state index contributed by atoms with van der Waals surface area (Å²) in [6.45, 7) is -0.178. The molecule has 0 aromatic heterocycles. The molecule has 0 N–H and O–H groups in total. The Morgan fingerprint density at radius 1 is 0.694 bits per heavy atom. The van der Waals surface area contributed by atoms with E-state index in [1.54, 1.807) is 12.1 Å². The second-order valence-corrected chi connectivity index (χ2v) is 7.19. The summed E-state index contributed by atoms with van der Waals surface area (Å²) in [5.74, 6) is -3.01. The summed E-state index contributed by atoms with van der Waals surface area (Å²) in [5.41, 5.74) is 1.81. The molecule has 0 radical (unpaired) electrons. The molecule has 0 fully saturated rings. The molecule has 0 bridgehead atoms. The van der Waals surface area contributed by atoms with Gasteiger partial charge in [-0.15, -0.1) is 26.3 Å². The summed E-state index contributed by atoms with van der Waals surface area (Å²) in [5, 5.41) is 0. The molecule has 0 atom stereocenters. The number of methoxy groups -OCH3 is 1. The van der Waals surface area contributed by atoms with Gasteiger partial charge in [-0.3, -0.25) is 9.69 Å². The lowest BCUT2D eigenvalue weighted by Crippen LogP contribution is -2.36. The summed E-state index contributed by atoms with van der Waals surface area (Å²) in [6, 6.07) is 16.0. The van der Waals surface area contributed by atoms with E-state index in [0.29, 0.717) is 16.7 Å². The molecule has 0 unspecified atom stereocenters. The number of hydrogen-bond donors (Lipinski definition) is 0. The molecule has 190 valence electrons. The topological polar surface area (TPSA) is 65.1 Å². The second kappa shape index (κ2) is 10.6. The predicted molar refractivity (Wildman–Crippen MR) is 115 cm³/mol. The Hall–Kier alpha value is -4.22. The lowest BCUT2D eigenvalue weighted by molar-refractivity contribution is -0.275. The van der Waals surface area contributed by atoms with E-state index < -0.39 is 30.4 Å². The van der Waals surface area contributed by atoms with Crippen LogP contribution in [-0.2, 0) is 20.9 Å². The molecular formula is C24H17F6NO5. The fourth-order valence-electron chi connectivity index (χ4n) is 3.14. The van der Waals surface area contributed by atoms with Crippen LogP contribution in [0.4, 0.5) is 32.0 Å². The molecule has 0 saturated carbocycles. The maximum absolute atomic E-state index is 12.6. The fraction of sp³-hybridized carbons (Fsp3) is 0.167. The first-order valence-electron chi connectivity index (χ1n) is 10.1. The number of alkyl halides is 6. The van der Waals surface area contributed by atoms with Crippen LogP contribution in [0.15, 0.2) is 72.8 Å². The molecule has 1 amide bonds. The standard InChI is InChI=1S/C24H17F6NO5/c1-34-22(33)21(32)31(14-15-2-10-19(11-3-15)35-23(25,26)27)18-8-4-16(5-9-18)17-6-12-20(13-7-17)36-24(28,29)30/h2-13H,14H2,1H3. The summed E-state index contributed by atoms with van der Waals surface area (Å²) < 4.78 is 86.3. The number of carbonyl (C=O) groups excluding carboxylic acids is 2. The molecule has 0 saturated heterocycles. The third-order valence-corrected chi connectivity index (χ3v) is 4.70. The summed E-state index contributed by atoms with van der Waals surface area (Å²) in [6.07, 6.45) is -9.67. The maximum atomic E-state index is 12.6. The lowest BCUT2D eigenvalue weighted by Gasteiger charge is -2.22. The highest BCUT2D eigenvalue weighted by molar-refractivity contribution is 6.38. The first-order valence-corrected chi connectivity index (χ1v) is 10.1. The Morgan fingerprint density at radius 2 is 1.11 bits per heavy atom. The number of nitrogens with zero attached hydrogens (tertiary/aromatic N) is 1. The van der Waals surface area contributed by atoms with E-state index in [1.807, 2.05) is 0 Å². The van der Waals surface area contributed by atoms with E-state index in [4.69, 9.17) is 0 Å². The van der Waals surface area contributed by atoms with Crippen LogP contribution >= 0.6 is 0 Å². The number of esters is 1. The molecule has 36 heavy (non-hydrogen) atoms. The van der Waals surface area contributed by atoms with Crippen molar-refractivity contribution in [2.24, 2.45) is 0 Å². The Morgan fingerprint density at radius 3 is 1.53 bits per heavy atom. The Bertz CT molecular complexity index is 1190. The SMILES string of the molecule is COC(=O)C(=O)N(Cc1ccc(OC(F)(F)F)cc1)c1ccc(-c2ccc(OC(F)(F)F)cc2)cc1. The van der Waals surface area contributed by atoms with Crippen molar-refractivity contribution >= 4 is 17.6 Å². The van der Waals surface area contributed by atoms with Gasteiger partial charge in [-0.1, -0.05) is 36.4 Å². The van der Waals surface area contributed by atoms with Gasteiger partial charge in [0.1, 0.15) is 11.5 Å². The number of ether oxygens (including phenoxy) is 3. The van der Waals surface area contributed by atoms with E-state index in [0.717, 1.165) is 36.3 Å². The zero-order valence-corrected chi connectivity index (χ0v) is 18.4. The van der Waals surface area contributed by atoms with Crippen LogP contribution in [0.2, 0.25) is 0 Å². The number of amides is 1.